The number of hydroxylamine groups is 2. The summed E-state index contributed by atoms with van der Waals surface area (Å²) in [5.41, 5.74) is 4.03. The van der Waals surface area contributed by atoms with Gasteiger partial charge >= 0.3 is 0 Å². The fourth-order valence-electron chi connectivity index (χ4n) is 2.30. The van der Waals surface area contributed by atoms with Gasteiger partial charge in [0.15, 0.2) is 0 Å². The molecule has 1 unspecified atom stereocenters. The molecule has 1 atom stereocenters. The molecule has 19 heavy (non-hydrogen) atoms. The summed E-state index contributed by atoms with van der Waals surface area (Å²) in [5, 5.41) is 10.7. The molecule has 0 radical (unpaired) electrons. The van der Waals surface area contributed by atoms with E-state index in [1.165, 1.54) is 21.9 Å². The first-order valence-electron chi connectivity index (χ1n) is 7.25. The highest BCUT2D eigenvalue weighted by Crippen LogP contribution is 2.20. The first-order chi connectivity index (χ1) is 8.99. The maximum absolute atomic E-state index is 9.38. The summed E-state index contributed by atoms with van der Waals surface area (Å²) in [6, 6.07) is 6.91. The van der Waals surface area contributed by atoms with Crippen LogP contribution in [0, 0.1) is 6.92 Å². The minimum atomic E-state index is 0.196. The summed E-state index contributed by atoms with van der Waals surface area (Å²) >= 11 is 0. The lowest BCUT2D eigenvalue weighted by molar-refractivity contribution is -0.0984. The van der Waals surface area contributed by atoms with Crippen molar-refractivity contribution in [2.24, 2.45) is 0 Å². The lowest BCUT2D eigenvalue weighted by Crippen LogP contribution is -2.25. The van der Waals surface area contributed by atoms with Crippen LogP contribution in [0.3, 0.4) is 0 Å². The Morgan fingerprint density at radius 2 is 1.84 bits per heavy atom. The minimum absolute atomic E-state index is 0.196. The Morgan fingerprint density at radius 1 is 1.21 bits per heavy atom. The largest absolute Gasteiger partial charge is 0.372 e. The number of hydrogen-bond donors (Lipinski definition) is 1. The van der Waals surface area contributed by atoms with Crippen molar-refractivity contribution in [1.82, 2.24) is 5.06 Å². The van der Waals surface area contributed by atoms with Gasteiger partial charge in [-0.15, -0.1) is 0 Å². The zero-order valence-corrected chi connectivity index (χ0v) is 13.0. The topological polar surface area (TPSA) is 26.7 Å². The molecule has 0 saturated carbocycles. The Kier molecular flexibility index (Phi) is 6.32. The van der Waals surface area contributed by atoms with Crippen molar-refractivity contribution in [1.29, 1.82) is 0 Å². The molecule has 0 saturated heterocycles. The monoisotopic (exact) mass is 264 g/mol. The Bertz CT molecular complexity index is 386. The molecule has 3 heteroatoms. The van der Waals surface area contributed by atoms with Crippen molar-refractivity contribution < 1.29 is 5.21 Å². The molecule has 0 aromatic heterocycles. The van der Waals surface area contributed by atoms with E-state index in [1.807, 2.05) is 6.92 Å². The summed E-state index contributed by atoms with van der Waals surface area (Å²) < 4.78 is 0. The second kappa shape index (κ2) is 7.51. The molecule has 0 aliphatic heterocycles. The van der Waals surface area contributed by atoms with Crippen LogP contribution in [-0.2, 0) is 6.42 Å². The van der Waals surface area contributed by atoms with Crippen molar-refractivity contribution >= 4 is 5.69 Å². The molecular formula is C16H28N2O. The number of aryl methyl sites for hydroxylation is 2. The molecule has 0 bridgehead atoms. The highest BCUT2D eigenvalue weighted by Gasteiger charge is 2.09. The van der Waals surface area contributed by atoms with Crippen LogP contribution in [0.5, 0.6) is 0 Å². The molecule has 0 aliphatic carbocycles. The number of hydrogen-bond acceptors (Lipinski definition) is 3. The number of benzene rings is 1. The van der Waals surface area contributed by atoms with Crippen molar-refractivity contribution in [3.8, 4) is 0 Å². The van der Waals surface area contributed by atoms with Crippen molar-refractivity contribution in [3.63, 3.8) is 0 Å². The Hall–Kier alpha value is -1.06. The average Bonchev–Trinajstić information content (AvgIpc) is 2.38. The van der Waals surface area contributed by atoms with Gasteiger partial charge in [-0.05, 0) is 63.8 Å². The molecule has 1 aromatic carbocycles. The van der Waals surface area contributed by atoms with Crippen LogP contribution < -0.4 is 4.90 Å². The Labute approximate surface area is 117 Å². The van der Waals surface area contributed by atoms with E-state index in [0.29, 0.717) is 0 Å². The molecule has 0 aliphatic rings. The smallest absolute Gasteiger partial charge is 0.0368 e. The quantitative estimate of drug-likeness (QED) is 0.764. The first kappa shape index (κ1) is 16.0. The Morgan fingerprint density at radius 3 is 2.32 bits per heavy atom. The van der Waals surface area contributed by atoms with Gasteiger partial charge in [-0.3, -0.25) is 0 Å². The van der Waals surface area contributed by atoms with Crippen molar-refractivity contribution in [3.05, 3.63) is 29.3 Å². The standard InChI is InChI=1S/C16H28N2O/c1-6-18(7-2)16-11-10-15(13(3)12-16)9-8-14(4)17(5)19/h10-12,14,19H,6-9H2,1-5H3. The molecule has 0 heterocycles. The molecule has 3 nitrogen and oxygen atoms in total. The van der Waals surface area contributed by atoms with E-state index in [1.54, 1.807) is 7.05 Å². The van der Waals surface area contributed by atoms with Crippen LogP contribution in [0.1, 0.15) is 38.3 Å². The van der Waals surface area contributed by atoms with E-state index in [2.05, 4.69) is 43.9 Å². The second-order valence-corrected chi connectivity index (χ2v) is 5.24. The molecule has 1 rings (SSSR count). The third kappa shape index (κ3) is 4.51. The van der Waals surface area contributed by atoms with Gasteiger partial charge in [-0.2, -0.15) is 5.06 Å². The third-order valence-corrected chi connectivity index (χ3v) is 3.92. The molecule has 0 amide bonds. The van der Waals surface area contributed by atoms with Crippen LogP contribution in [-0.4, -0.2) is 36.4 Å². The number of rotatable bonds is 7. The SMILES string of the molecule is CCN(CC)c1ccc(CCC(C)N(C)O)c(C)c1. The average molecular weight is 264 g/mol. The normalized spacial score (nSPS) is 12.8. The van der Waals surface area contributed by atoms with Gasteiger partial charge in [0, 0.05) is 31.9 Å². The van der Waals surface area contributed by atoms with E-state index in [0.717, 1.165) is 25.9 Å². The zero-order valence-electron chi connectivity index (χ0n) is 13.0. The van der Waals surface area contributed by atoms with Crippen molar-refractivity contribution in [2.45, 2.75) is 46.6 Å². The molecule has 1 N–H and O–H groups in total. The highest BCUT2D eigenvalue weighted by molar-refractivity contribution is 5.50. The van der Waals surface area contributed by atoms with Gasteiger partial charge in [-0.1, -0.05) is 6.07 Å². The van der Waals surface area contributed by atoms with E-state index in [-0.39, 0.29) is 6.04 Å². The fraction of sp³-hybridized carbons (Fsp3) is 0.625. The van der Waals surface area contributed by atoms with Gasteiger partial charge in [0.05, 0.1) is 0 Å². The van der Waals surface area contributed by atoms with Crippen LogP contribution >= 0.6 is 0 Å². The predicted octanol–water partition coefficient (Wildman–Crippen LogP) is 3.48. The summed E-state index contributed by atoms with van der Waals surface area (Å²) in [6.07, 6.45) is 1.98. The van der Waals surface area contributed by atoms with Crippen molar-refractivity contribution in [2.75, 3.05) is 25.0 Å². The number of nitrogens with zero attached hydrogens (tertiary/aromatic N) is 2. The molecular weight excluding hydrogens is 236 g/mol. The van der Waals surface area contributed by atoms with Crippen LogP contribution in [0.2, 0.25) is 0 Å². The molecule has 0 fully saturated rings. The molecule has 0 spiro atoms. The summed E-state index contributed by atoms with van der Waals surface area (Å²) in [5.74, 6) is 0. The second-order valence-electron chi connectivity index (χ2n) is 5.24. The highest BCUT2D eigenvalue weighted by atomic mass is 16.5. The fourth-order valence-corrected chi connectivity index (χ4v) is 2.30. The zero-order chi connectivity index (χ0) is 14.4. The lowest BCUT2D eigenvalue weighted by Gasteiger charge is -2.23. The molecule has 1 aromatic rings. The van der Waals surface area contributed by atoms with Gasteiger partial charge in [-0.25, -0.2) is 0 Å². The summed E-state index contributed by atoms with van der Waals surface area (Å²) in [7, 11) is 1.71. The lowest BCUT2D eigenvalue weighted by atomic mass is 10.0. The van der Waals surface area contributed by atoms with E-state index in [4.69, 9.17) is 0 Å². The van der Waals surface area contributed by atoms with Crippen LogP contribution in [0.4, 0.5) is 5.69 Å². The van der Waals surface area contributed by atoms with Gasteiger partial charge < -0.3 is 10.1 Å². The minimum Gasteiger partial charge on any atom is -0.372 e. The Balaban J connectivity index is 2.72. The van der Waals surface area contributed by atoms with E-state index < -0.39 is 0 Å². The summed E-state index contributed by atoms with van der Waals surface area (Å²) in [4.78, 5) is 2.36. The number of anilines is 1. The van der Waals surface area contributed by atoms with Gasteiger partial charge in [0.25, 0.3) is 0 Å². The molecule has 108 valence electrons. The van der Waals surface area contributed by atoms with Gasteiger partial charge in [0.1, 0.15) is 0 Å². The van der Waals surface area contributed by atoms with Crippen LogP contribution in [0.25, 0.3) is 0 Å². The maximum Gasteiger partial charge on any atom is 0.0368 e. The summed E-state index contributed by atoms with van der Waals surface area (Å²) in [6.45, 7) is 10.7. The third-order valence-electron chi connectivity index (χ3n) is 3.92. The first-order valence-corrected chi connectivity index (χ1v) is 7.25. The van der Waals surface area contributed by atoms with E-state index >= 15 is 0 Å². The predicted molar refractivity (Wildman–Crippen MR) is 82.1 cm³/mol. The van der Waals surface area contributed by atoms with Gasteiger partial charge in [0.2, 0.25) is 0 Å². The maximum atomic E-state index is 9.38. The van der Waals surface area contributed by atoms with Crippen LogP contribution in [0.15, 0.2) is 18.2 Å². The van der Waals surface area contributed by atoms with E-state index in [9.17, 15) is 5.21 Å².